The van der Waals surface area contributed by atoms with E-state index in [2.05, 4.69) is 10.6 Å². The predicted molar refractivity (Wildman–Crippen MR) is 78.5 cm³/mol. The fourth-order valence-electron chi connectivity index (χ4n) is 2.04. The number of aliphatic hydroxyl groups is 1. The molecule has 2 unspecified atom stereocenters. The second-order valence-electron chi connectivity index (χ2n) is 4.83. The maximum Gasteiger partial charge on any atom is 0.319 e. The molecule has 1 aromatic carbocycles. The molecule has 0 spiro atoms. The van der Waals surface area contributed by atoms with Crippen molar-refractivity contribution in [2.45, 2.75) is 25.0 Å². The van der Waals surface area contributed by atoms with E-state index < -0.39 is 11.6 Å². The molecular weight excluding hydrogens is 303 g/mol. The van der Waals surface area contributed by atoms with Crippen LogP contribution in [0.2, 0.25) is 10.0 Å². The van der Waals surface area contributed by atoms with Gasteiger partial charge in [-0.3, -0.25) is 0 Å². The summed E-state index contributed by atoms with van der Waals surface area (Å²) in [5.41, 5.74) is -0.536. The van der Waals surface area contributed by atoms with Gasteiger partial charge in [0.2, 0.25) is 0 Å². The molecule has 1 aliphatic rings. The summed E-state index contributed by atoms with van der Waals surface area (Å²) in [7, 11) is 0. The molecule has 0 radical (unpaired) electrons. The Morgan fingerprint density at radius 1 is 1.45 bits per heavy atom. The number of urea groups is 1. The number of hydrogen-bond donors (Lipinski definition) is 3. The molecule has 0 aliphatic carbocycles. The van der Waals surface area contributed by atoms with Crippen molar-refractivity contribution in [3.63, 3.8) is 0 Å². The van der Waals surface area contributed by atoms with Gasteiger partial charge in [0.15, 0.2) is 0 Å². The first-order chi connectivity index (χ1) is 9.39. The average Bonchev–Trinajstić information content (AvgIpc) is 2.66. The van der Waals surface area contributed by atoms with E-state index in [0.29, 0.717) is 28.8 Å². The van der Waals surface area contributed by atoms with E-state index in [4.69, 9.17) is 27.9 Å². The SMILES string of the molecule is CC1OCCC1(O)CNC(=O)Nc1cc(Cl)cc(Cl)c1. The van der Waals surface area contributed by atoms with Crippen LogP contribution in [0.25, 0.3) is 0 Å². The van der Waals surface area contributed by atoms with Gasteiger partial charge in [0.25, 0.3) is 0 Å². The summed E-state index contributed by atoms with van der Waals surface area (Å²) in [6.07, 6.45) is 0.195. The maximum absolute atomic E-state index is 11.8. The molecule has 3 N–H and O–H groups in total. The van der Waals surface area contributed by atoms with Crippen molar-refractivity contribution < 1.29 is 14.6 Å². The molecule has 1 aromatic rings. The van der Waals surface area contributed by atoms with E-state index in [1.54, 1.807) is 25.1 Å². The summed E-state index contributed by atoms with van der Waals surface area (Å²) >= 11 is 11.7. The molecule has 7 heteroatoms. The van der Waals surface area contributed by atoms with Crippen LogP contribution in [0.4, 0.5) is 10.5 Å². The van der Waals surface area contributed by atoms with Gasteiger partial charge in [-0.05, 0) is 25.1 Å². The summed E-state index contributed by atoms with van der Waals surface area (Å²) in [4.78, 5) is 11.8. The number of rotatable bonds is 3. The number of amides is 2. The Morgan fingerprint density at radius 3 is 2.65 bits per heavy atom. The van der Waals surface area contributed by atoms with Gasteiger partial charge < -0.3 is 20.5 Å². The van der Waals surface area contributed by atoms with Crippen LogP contribution in [0.3, 0.4) is 0 Å². The van der Waals surface area contributed by atoms with Gasteiger partial charge in [0.1, 0.15) is 5.60 Å². The lowest BCUT2D eigenvalue weighted by Crippen LogP contribution is -2.48. The molecule has 0 saturated carbocycles. The normalized spacial score (nSPS) is 25.5. The highest BCUT2D eigenvalue weighted by molar-refractivity contribution is 6.35. The number of benzene rings is 1. The highest BCUT2D eigenvalue weighted by atomic mass is 35.5. The molecule has 110 valence electrons. The standard InChI is InChI=1S/C13H16Cl2N2O3/c1-8-13(19,2-3-20-8)7-16-12(18)17-11-5-9(14)4-10(15)6-11/h4-6,8,19H,2-3,7H2,1H3,(H2,16,17,18). The topological polar surface area (TPSA) is 70.6 Å². The average molecular weight is 319 g/mol. The number of anilines is 1. The number of carbonyl (C=O) groups excluding carboxylic acids is 1. The zero-order valence-corrected chi connectivity index (χ0v) is 12.5. The number of nitrogens with one attached hydrogen (secondary N) is 2. The quantitative estimate of drug-likeness (QED) is 0.802. The molecule has 2 atom stereocenters. The van der Waals surface area contributed by atoms with Crippen LogP contribution in [-0.4, -0.2) is 36.0 Å². The van der Waals surface area contributed by atoms with Crippen molar-refractivity contribution >= 4 is 34.9 Å². The van der Waals surface area contributed by atoms with Gasteiger partial charge in [-0.1, -0.05) is 23.2 Å². The smallest absolute Gasteiger partial charge is 0.319 e. The number of ether oxygens (including phenoxy) is 1. The number of carbonyl (C=O) groups is 1. The molecule has 2 rings (SSSR count). The predicted octanol–water partition coefficient (Wildman–Crippen LogP) is 2.65. The summed E-state index contributed by atoms with van der Waals surface area (Å²) in [5.74, 6) is 0. The summed E-state index contributed by atoms with van der Waals surface area (Å²) in [5, 5.41) is 16.3. The minimum atomic E-state index is -1.02. The Morgan fingerprint density at radius 2 is 2.10 bits per heavy atom. The Labute approximate surface area is 127 Å². The molecule has 1 saturated heterocycles. The molecule has 1 fully saturated rings. The molecule has 5 nitrogen and oxygen atoms in total. The Bertz CT molecular complexity index is 492. The minimum Gasteiger partial charge on any atom is -0.385 e. The van der Waals surface area contributed by atoms with E-state index in [1.807, 2.05) is 0 Å². The number of halogens is 2. The summed E-state index contributed by atoms with van der Waals surface area (Å²) in [6, 6.07) is 4.31. The van der Waals surface area contributed by atoms with Crippen LogP contribution in [0, 0.1) is 0 Å². The fraction of sp³-hybridized carbons (Fsp3) is 0.462. The van der Waals surface area contributed by atoms with Crippen molar-refractivity contribution in [1.82, 2.24) is 5.32 Å². The summed E-state index contributed by atoms with van der Waals surface area (Å²) < 4.78 is 5.29. The molecule has 2 amide bonds. The molecule has 0 aromatic heterocycles. The first-order valence-corrected chi connectivity index (χ1v) is 6.99. The van der Waals surface area contributed by atoms with Crippen molar-refractivity contribution in [3.8, 4) is 0 Å². The van der Waals surface area contributed by atoms with Gasteiger partial charge in [0.05, 0.1) is 12.6 Å². The molecule has 1 aliphatic heterocycles. The Hall–Kier alpha value is -1.01. The van der Waals surface area contributed by atoms with Gasteiger partial charge in [-0.25, -0.2) is 4.79 Å². The largest absolute Gasteiger partial charge is 0.385 e. The van der Waals surface area contributed by atoms with Crippen LogP contribution in [0.15, 0.2) is 18.2 Å². The number of hydrogen-bond acceptors (Lipinski definition) is 3. The van der Waals surface area contributed by atoms with Crippen molar-refractivity contribution in [1.29, 1.82) is 0 Å². The van der Waals surface area contributed by atoms with Crippen molar-refractivity contribution in [3.05, 3.63) is 28.2 Å². The monoisotopic (exact) mass is 318 g/mol. The zero-order valence-electron chi connectivity index (χ0n) is 11.0. The third-order valence-corrected chi connectivity index (χ3v) is 3.77. The summed E-state index contributed by atoms with van der Waals surface area (Å²) in [6.45, 7) is 2.39. The zero-order chi connectivity index (χ0) is 14.8. The highest BCUT2D eigenvalue weighted by Crippen LogP contribution is 2.25. The Balaban J connectivity index is 1.89. The van der Waals surface area contributed by atoms with E-state index in [-0.39, 0.29) is 12.6 Å². The van der Waals surface area contributed by atoms with Crippen LogP contribution in [0.5, 0.6) is 0 Å². The van der Waals surface area contributed by atoms with Gasteiger partial charge in [-0.15, -0.1) is 0 Å². The van der Waals surface area contributed by atoms with Gasteiger partial charge in [0, 0.05) is 28.8 Å². The third kappa shape index (κ3) is 3.76. The van der Waals surface area contributed by atoms with Crippen molar-refractivity contribution in [2.24, 2.45) is 0 Å². The van der Waals surface area contributed by atoms with E-state index in [0.717, 1.165) is 0 Å². The lowest BCUT2D eigenvalue weighted by atomic mass is 9.97. The van der Waals surface area contributed by atoms with Crippen LogP contribution < -0.4 is 10.6 Å². The van der Waals surface area contributed by atoms with E-state index in [1.165, 1.54) is 0 Å². The van der Waals surface area contributed by atoms with E-state index in [9.17, 15) is 9.90 Å². The van der Waals surface area contributed by atoms with Gasteiger partial charge in [-0.2, -0.15) is 0 Å². The lowest BCUT2D eigenvalue weighted by Gasteiger charge is -2.26. The second kappa shape index (κ2) is 6.18. The van der Waals surface area contributed by atoms with Gasteiger partial charge >= 0.3 is 6.03 Å². The molecule has 0 bridgehead atoms. The third-order valence-electron chi connectivity index (χ3n) is 3.34. The minimum absolute atomic E-state index is 0.119. The first kappa shape index (κ1) is 15.4. The second-order valence-corrected chi connectivity index (χ2v) is 5.71. The van der Waals surface area contributed by atoms with Crippen LogP contribution >= 0.6 is 23.2 Å². The fourth-order valence-corrected chi connectivity index (χ4v) is 2.56. The highest BCUT2D eigenvalue weighted by Gasteiger charge is 2.39. The maximum atomic E-state index is 11.8. The Kier molecular flexibility index (Phi) is 4.75. The molecule has 20 heavy (non-hydrogen) atoms. The van der Waals surface area contributed by atoms with Crippen LogP contribution in [-0.2, 0) is 4.74 Å². The lowest BCUT2D eigenvalue weighted by molar-refractivity contribution is -0.0241. The molecule has 1 heterocycles. The molecular formula is C13H16Cl2N2O3. The first-order valence-electron chi connectivity index (χ1n) is 6.24. The van der Waals surface area contributed by atoms with Crippen LogP contribution in [0.1, 0.15) is 13.3 Å². The van der Waals surface area contributed by atoms with Crippen molar-refractivity contribution in [2.75, 3.05) is 18.5 Å². The van der Waals surface area contributed by atoms with E-state index >= 15 is 0 Å².